The van der Waals surface area contributed by atoms with Crippen molar-refractivity contribution in [2.45, 2.75) is 58.9 Å². The van der Waals surface area contributed by atoms with E-state index < -0.39 is 5.54 Å². The van der Waals surface area contributed by atoms with Crippen molar-refractivity contribution in [3.8, 4) is 0 Å². The largest absolute Gasteiger partial charge is 0.569 e. The highest BCUT2D eigenvalue weighted by molar-refractivity contribution is 5.75. The maximum absolute atomic E-state index is 11.3. The van der Waals surface area contributed by atoms with Crippen LogP contribution in [-0.2, 0) is 4.79 Å². The molecule has 17 heavy (non-hydrogen) atoms. The number of rotatable bonds is 7. The number of hydrogen-bond donors (Lipinski definition) is 1. The van der Waals surface area contributed by atoms with Gasteiger partial charge in [0.1, 0.15) is 5.78 Å². The summed E-state index contributed by atoms with van der Waals surface area (Å²) in [4.78, 5) is 11.0. The standard InChI is InChI=1S/C11H23N3O3/c1-10(15)8-6-5-7-9-13(11(2,3)4)14(17)12-16/h16H,5-9H2,1-4H3. The number of carbonyl (C=O) groups excluding carboxylic acids is 1. The Morgan fingerprint density at radius 1 is 1.35 bits per heavy atom. The minimum absolute atomic E-state index is 0.188. The fourth-order valence-electron chi connectivity index (χ4n) is 1.54. The summed E-state index contributed by atoms with van der Waals surface area (Å²) >= 11 is 0. The molecule has 0 heterocycles. The minimum atomic E-state index is -0.394. The molecule has 6 heteroatoms. The molecule has 0 saturated carbocycles. The zero-order chi connectivity index (χ0) is 13.5. The predicted molar refractivity (Wildman–Crippen MR) is 63.4 cm³/mol. The van der Waals surface area contributed by atoms with Gasteiger partial charge in [0.25, 0.3) is 0 Å². The monoisotopic (exact) mass is 245 g/mol. The second-order valence-electron chi connectivity index (χ2n) is 5.15. The van der Waals surface area contributed by atoms with Gasteiger partial charge in [0.05, 0.1) is 17.1 Å². The Labute approximate surface area is 102 Å². The molecule has 0 atom stereocenters. The Bertz CT molecular complexity index is 272. The van der Waals surface area contributed by atoms with E-state index in [4.69, 9.17) is 5.21 Å². The van der Waals surface area contributed by atoms with Gasteiger partial charge in [-0.2, -0.15) is 0 Å². The van der Waals surface area contributed by atoms with E-state index >= 15 is 0 Å². The molecule has 0 spiro atoms. The molecule has 100 valence electrons. The lowest BCUT2D eigenvalue weighted by Crippen LogP contribution is -2.46. The number of hydrazine groups is 1. The van der Waals surface area contributed by atoms with Gasteiger partial charge >= 0.3 is 0 Å². The molecular weight excluding hydrogens is 222 g/mol. The van der Waals surface area contributed by atoms with Gasteiger partial charge in [-0.05, 0) is 40.5 Å². The van der Waals surface area contributed by atoms with Crippen LogP contribution in [0.15, 0.2) is 5.28 Å². The predicted octanol–water partition coefficient (Wildman–Crippen LogP) is 2.50. The molecule has 0 aliphatic carbocycles. The zero-order valence-electron chi connectivity index (χ0n) is 11.1. The average molecular weight is 245 g/mol. The van der Waals surface area contributed by atoms with Crippen LogP contribution >= 0.6 is 0 Å². The Morgan fingerprint density at radius 2 is 1.94 bits per heavy atom. The van der Waals surface area contributed by atoms with E-state index in [0.717, 1.165) is 19.3 Å². The molecule has 0 aliphatic rings. The van der Waals surface area contributed by atoms with Crippen molar-refractivity contribution in [2.24, 2.45) is 5.28 Å². The fraction of sp³-hybridized carbons (Fsp3) is 0.909. The van der Waals surface area contributed by atoms with Gasteiger partial charge in [0.2, 0.25) is 5.28 Å². The smallest absolute Gasteiger partial charge is 0.230 e. The van der Waals surface area contributed by atoms with Crippen molar-refractivity contribution in [2.75, 3.05) is 6.54 Å². The van der Waals surface area contributed by atoms with Crippen molar-refractivity contribution in [3.63, 3.8) is 0 Å². The summed E-state index contributed by atoms with van der Waals surface area (Å²) < 4.78 is 0. The number of nitrogens with zero attached hydrogens (tertiary/aromatic N) is 3. The molecule has 0 radical (unpaired) electrons. The lowest BCUT2D eigenvalue weighted by Gasteiger charge is -2.30. The topological polar surface area (TPSA) is 79.0 Å². The molecule has 0 bridgehead atoms. The Hall–Kier alpha value is -1.33. The summed E-state index contributed by atoms with van der Waals surface area (Å²) in [6.07, 6.45) is 3.09. The Morgan fingerprint density at radius 3 is 2.35 bits per heavy atom. The van der Waals surface area contributed by atoms with E-state index in [0.29, 0.717) is 13.0 Å². The Kier molecular flexibility index (Phi) is 6.53. The number of hydrogen-bond acceptors (Lipinski definition) is 3. The third kappa shape index (κ3) is 6.76. The molecule has 0 aliphatic heterocycles. The van der Waals surface area contributed by atoms with Crippen LogP contribution < -0.4 is 0 Å². The molecule has 0 rings (SSSR count). The van der Waals surface area contributed by atoms with Gasteiger partial charge in [0, 0.05) is 6.42 Å². The molecule has 0 aromatic rings. The van der Waals surface area contributed by atoms with Crippen LogP contribution in [-0.4, -0.2) is 33.1 Å². The molecular formula is C11H23N3O3. The zero-order valence-corrected chi connectivity index (χ0v) is 11.1. The summed E-state index contributed by atoms with van der Waals surface area (Å²) in [6.45, 7) is 7.70. The summed E-state index contributed by atoms with van der Waals surface area (Å²) in [6, 6.07) is 0. The highest BCUT2D eigenvalue weighted by Gasteiger charge is 2.28. The van der Waals surface area contributed by atoms with Crippen molar-refractivity contribution in [1.82, 2.24) is 5.01 Å². The van der Waals surface area contributed by atoms with E-state index in [9.17, 15) is 10.0 Å². The van der Waals surface area contributed by atoms with Gasteiger partial charge in [-0.25, -0.2) is 0 Å². The third-order valence-electron chi connectivity index (χ3n) is 2.46. The average Bonchev–Trinajstić information content (AvgIpc) is 2.20. The molecule has 0 saturated heterocycles. The first-order valence-electron chi connectivity index (χ1n) is 5.88. The molecule has 6 nitrogen and oxygen atoms in total. The number of unbranched alkanes of at least 4 members (excludes halogenated alkanes) is 2. The first-order chi connectivity index (χ1) is 7.79. The second kappa shape index (κ2) is 7.09. The number of Topliss-reactive ketones (excluding diaryl/α,β-unsaturated/α-hetero) is 1. The van der Waals surface area contributed by atoms with E-state index in [2.05, 4.69) is 5.28 Å². The van der Waals surface area contributed by atoms with E-state index in [1.807, 2.05) is 20.8 Å². The maximum Gasteiger partial charge on any atom is 0.230 e. The van der Waals surface area contributed by atoms with Gasteiger partial charge in [0.15, 0.2) is 0 Å². The highest BCUT2D eigenvalue weighted by Crippen LogP contribution is 2.15. The van der Waals surface area contributed by atoms with Gasteiger partial charge < -0.3 is 15.2 Å². The summed E-state index contributed by atoms with van der Waals surface area (Å²) in [5.41, 5.74) is -0.394. The first kappa shape index (κ1) is 15.7. The number of carbonyl (C=O) groups is 1. The van der Waals surface area contributed by atoms with E-state index in [-0.39, 0.29) is 10.8 Å². The van der Waals surface area contributed by atoms with E-state index in [1.54, 1.807) is 6.92 Å². The lowest BCUT2D eigenvalue weighted by molar-refractivity contribution is -0.724. The van der Waals surface area contributed by atoms with Crippen LogP contribution in [0.5, 0.6) is 0 Å². The van der Waals surface area contributed by atoms with Gasteiger partial charge in [-0.1, -0.05) is 6.42 Å². The minimum Gasteiger partial charge on any atom is -0.569 e. The number of ketones is 1. The van der Waals surface area contributed by atoms with Crippen molar-refractivity contribution in [1.29, 1.82) is 0 Å². The van der Waals surface area contributed by atoms with Crippen LogP contribution in [0.2, 0.25) is 0 Å². The van der Waals surface area contributed by atoms with Crippen LogP contribution in [0.4, 0.5) is 0 Å². The quantitative estimate of drug-likeness (QED) is 0.323. The molecule has 0 aromatic carbocycles. The van der Waals surface area contributed by atoms with Crippen LogP contribution in [0.25, 0.3) is 0 Å². The second-order valence-corrected chi connectivity index (χ2v) is 5.15. The molecule has 0 unspecified atom stereocenters. The SMILES string of the molecule is CC(=O)CCCCCN([N+]([O-])=NO)C(C)(C)C. The normalized spacial score (nSPS) is 12.6. The highest BCUT2D eigenvalue weighted by atomic mass is 16.6. The maximum atomic E-state index is 11.3. The van der Waals surface area contributed by atoms with Crippen LogP contribution in [0.3, 0.4) is 0 Å². The van der Waals surface area contributed by atoms with Gasteiger partial charge in [-0.3, -0.25) is 0 Å². The molecule has 1 N–H and O–H groups in total. The van der Waals surface area contributed by atoms with Crippen molar-refractivity contribution in [3.05, 3.63) is 5.21 Å². The van der Waals surface area contributed by atoms with E-state index in [1.165, 1.54) is 5.01 Å². The third-order valence-corrected chi connectivity index (χ3v) is 2.46. The summed E-state index contributed by atoms with van der Waals surface area (Å²) in [7, 11) is 0. The van der Waals surface area contributed by atoms with Crippen LogP contribution in [0.1, 0.15) is 53.4 Å². The van der Waals surface area contributed by atoms with Crippen molar-refractivity contribution >= 4 is 5.78 Å². The molecule has 0 fully saturated rings. The first-order valence-corrected chi connectivity index (χ1v) is 5.88. The Balaban J connectivity index is 4.07. The van der Waals surface area contributed by atoms with Crippen molar-refractivity contribution < 1.29 is 15.0 Å². The molecule has 0 aromatic heterocycles. The summed E-state index contributed by atoms with van der Waals surface area (Å²) in [5.74, 6) is 0.188. The van der Waals surface area contributed by atoms with Gasteiger partial charge in [-0.15, -0.1) is 5.01 Å². The van der Waals surface area contributed by atoms with Crippen LogP contribution in [0, 0.1) is 5.21 Å². The lowest BCUT2D eigenvalue weighted by atomic mass is 10.1. The fourth-order valence-corrected chi connectivity index (χ4v) is 1.54. The molecule has 0 amide bonds. The summed E-state index contributed by atoms with van der Waals surface area (Å²) in [5, 5.41) is 23.9.